The van der Waals surface area contributed by atoms with Gasteiger partial charge in [0.15, 0.2) is 0 Å². The van der Waals surface area contributed by atoms with Crippen LogP contribution in [0.15, 0.2) is 23.4 Å². The minimum Gasteiger partial charge on any atom is -0.544 e. The van der Waals surface area contributed by atoms with Crippen molar-refractivity contribution in [3.8, 4) is 0 Å². The first-order valence-electron chi connectivity index (χ1n) is 7.98. The summed E-state index contributed by atoms with van der Waals surface area (Å²) in [4.78, 5) is 0. The highest BCUT2D eigenvalue weighted by Gasteiger charge is 2.26. The maximum atomic E-state index is 6.32. The van der Waals surface area contributed by atoms with Gasteiger partial charge in [-0.15, -0.1) is 0 Å². The zero-order valence-corrected chi connectivity index (χ0v) is 16.8. The Balaban J connectivity index is 3.16. The molecule has 0 aromatic heterocycles. The van der Waals surface area contributed by atoms with Crippen molar-refractivity contribution < 1.29 is 13.6 Å². The molecule has 21 heavy (non-hydrogen) atoms. The largest absolute Gasteiger partial charge is 0.544 e. The molecule has 0 heterocycles. The van der Waals surface area contributed by atoms with Crippen LogP contribution in [0, 0.1) is 0 Å². The third-order valence-corrected chi connectivity index (χ3v) is 4.63. The van der Waals surface area contributed by atoms with Gasteiger partial charge in [0.2, 0.25) is 16.6 Å². The van der Waals surface area contributed by atoms with Gasteiger partial charge in [0.05, 0.1) is 12.7 Å². The Kier molecular flexibility index (Phi) is 6.59. The van der Waals surface area contributed by atoms with E-state index < -0.39 is 16.6 Å². The monoisotopic (exact) mass is 328 g/mol. The highest BCUT2D eigenvalue weighted by atomic mass is 28.4. The predicted octanol–water partition coefficient (Wildman–Crippen LogP) is 5.40. The van der Waals surface area contributed by atoms with Gasteiger partial charge >= 0.3 is 0 Å². The Morgan fingerprint density at radius 1 is 0.952 bits per heavy atom. The van der Waals surface area contributed by atoms with Gasteiger partial charge in [-0.1, -0.05) is 6.42 Å². The molecule has 122 valence electrons. The van der Waals surface area contributed by atoms with Crippen LogP contribution in [0.1, 0.15) is 32.1 Å². The van der Waals surface area contributed by atoms with E-state index in [2.05, 4.69) is 45.4 Å². The topological polar surface area (TPSA) is 27.7 Å². The minimum absolute atomic E-state index is 0.681. The van der Waals surface area contributed by atoms with Crippen LogP contribution in [0.25, 0.3) is 0 Å². The van der Waals surface area contributed by atoms with Crippen molar-refractivity contribution in [2.45, 2.75) is 71.4 Å². The number of methoxy groups -OCH3 is 1. The first-order valence-corrected chi connectivity index (χ1v) is 14.8. The van der Waals surface area contributed by atoms with Crippen LogP contribution in [-0.2, 0) is 13.6 Å². The van der Waals surface area contributed by atoms with Crippen molar-refractivity contribution in [2.24, 2.45) is 0 Å². The second kappa shape index (κ2) is 7.54. The van der Waals surface area contributed by atoms with E-state index in [9.17, 15) is 0 Å². The van der Waals surface area contributed by atoms with Gasteiger partial charge in [-0.05, 0) is 71.0 Å². The fourth-order valence-corrected chi connectivity index (χ4v) is 3.87. The third kappa shape index (κ3) is 7.22. The van der Waals surface area contributed by atoms with Crippen LogP contribution >= 0.6 is 0 Å². The molecule has 0 atom stereocenters. The molecule has 1 aliphatic carbocycles. The second-order valence-corrected chi connectivity index (χ2v) is 16.4. The zero-order valence-electron chi connectivity index (χ0n) is 14.8. The van der Waals surface area contributed by atoms with E-state index in [1.54, 1.807) is 7.11 Å². The number of hydrogen-bond acceptors (Lipinski definition) is 3. The smallest absolute Gasteiger partial charge is 0.272 e. The predicted molar refractivity (Wildman–Crippen MR) is 94.1 cm³/mol. The Morgan fingerprint density at radius 2 is 1.62 bits per heavy atom. The van der Waals surface area contributed by atoms with Crippen LogP contribution in [0.2, 0.25) is 39.3 Å². The maximum absolute atomic E-state index is 6.32. The van der Waals surface area contributed by atoms with E-state index in [1.807, 2.05) is 0 Å². The van der Waals surface area contributed by atoms with Gasteiger partial charge in [-0.2, -0.15) is 0 Å². The lowest BCUT2D eigenvalue weighted by atomic mass is 10.0. The summed E-state index contributed by atoms with van der Waals surface area (Å²) >= 11 is 0. The molecule has 0 saturated heterocycles. The Hall–Kier alpha value is -0.686. The summed E-state index contributed by atoms with van der Waals surface area (Å²) in [6.45, 7) is 13.2. The quantitative estimate of drug-likeness (QED) is 0.500. The van der Waals surface area contributed by atoms with Gasteiger partial charge in [-0.25, -0.2) is 0 Å². The van der Waals surface area contributed by atoms with E-state index in [1.165, 1.54) is 19.3 Å². The molecule has 0 aliphatic heterocycles. The molecule has 0 radical (unpaired) electrons. The van der Waals surface area contributed by atoms with Crippen LogP contribution in [-0.4, -0.2) is 23.7 Å². The SMILES string of the molecule is CO/C(O[Si](C)(C)C)=C1CCCCC\C=C/1O[Si](C)(C)C. The summed E-state index contributed by atoms with van der Waals surface area (Å²) in [5.41, 5.74) is 1.13. The second-order valence-electron chi connectivity index (χ2n) is 7.57. The first-order chi connectivity index (χ1) is 9.62. The summed E-state index contributed by atoms with van der Waals surface area (Å²) in [5.74, 6) is 1.68. The molecular weight excluding hydrogens is 296 g/mol. The molecule has 1 rings (SSSR count). The fraction of sp³-hybridized carbons (Fsp3) is 0.750. The van der Waals surface area contributed by atoms with Crippen molar-refractivity contribution in [2.75, 3.05) is 7.11 Å². The van der Waals surface area contributed by atoms with E-state index >= 15 is 0 Å². The van der Waals surface area contributed by atoms with Crippen molar-refractivity contribution in [3.05, 3.63) is 23.4 Å². The molecule has 5 heteroatoms. The molecule has 0 fully saturated rings. The highest BCUT2D eigenvalue weighted by Crippen LogP contribution is 2.30. The van der Waals surface area contributed by atoms with E-state index in [0.29, 0.717) is 5.95 Å². The summed E-state index contributed by atoms with van der Waals surface area (Å²) in [6, 6.07) is 0. The molecule has 0 N–H and O–H groups in total. The average Bonchev–Trinajstić information content (AvgIpc) is 2.28. The number of ether oxygens (including phenoxy) is 1. The van der Waals surface area contributed by atoms with Crippen molar-refractivity contribution >= 4 is 16.6 Å². The molecule has 0 spiro atoms. The highest BCUT2D eigenvalue weighted by molar-refractivity contribution is 6.70. The lowest BCUT2D eigenvalue weighted by Crippen LogP contribution is -2.28. The summed E-state index contributed by atoms with van der Waals surface area (Å²) in [5, 5.41) is 0. The lowest BCUT2D eigenvalue weighted by Gasteiger charge is -2.28. The van der Waals surface area contributed by atoms with Crippen LogP contribution in [0.3, 0.4) is 0 Å². The molecule has 0 aromatic carbocycles. The molecule has 0 bridgehead atoms. The normalized spacial score (nSPS) is 22.5. The summed E-state index contributed by atoms with van der Waals surface area (Å²) < 4.78 is 18.1. The Bertz CT molecular complexity index is 401. The Labute approximate surface area is 132 Å². The van der Waals surface area contributed by atoms with Crippen LogP contribution in [0.5, 0.6) is 0 Å². The molecule has 0 amide bonds. The fourth-order valence-electron chi connectivity index (χ4n) is 2.24. The number of rotatable bonds is 5. The number of allylic oxidation sites excluding steroid dienone is 2. The summed E-state index contributed by atoms with van der Waals surface area (Å²) in [6.07, 6.45) is 7.95. The van der Waals surface area contributed by atoms with Gasteiger partial charge in [0.1, 0.15) is 5.76 Å². The molecule has 0 unspecified atom stereocenters. The van der Waals surface area contributed by atoms with E-state index in [0.717, 1.165) is 24.2 Å². The van der Waals surface area contributed by atoms with Crippen LogP contribution in [0.4, 0.5) is 0 Å². The molecule has 1 aliphatic rings. The molecule has 0 aromatic rings. The lowest BCUT2D eigenvalue weighted by molar-refractivity contribution is 0.139. The van der Waals surface area contributed by atoms with E-state index in [4.69, 9.17) is 13.6 Å². The molecular formula is C16H32O3Si2. The van der Waals surface area contributed by atoms with Crippen molar-refractivity contribution in [1.82, 2.24) is 0 Å². The van der Waals surface area contributed by atoms with Gasteiger partial charge < -0.3 is 13.6 Å². The van der Waals surface area contributed by atoms with Crippen molar-refractivity contribution in [3.63, 3.8) is 0 Å². The third-order valence-electron chi connectivity index (χ3n) is 3.00. The first kappa shape index (κ1) is 18.4. The molecule has 0 saturated carbocycles. The Morgan fingerprint density at radius 3 is 2.14 bits per heavy atom. The van der Waals surface area contributed by atoms with E-state index in [-0.39, 0.29) is 0 Å². The maximum Gasteiger partial charge on any atom is 0.272 e. The van der Waals surface area contributed by atoms with Crippen molar-refractivity contribution in [1.29, 1.82) is 0 Å². The number of hydrogen-bond donors (Lipinski definition) is 0. The zero-order chi connectivity index (χ0) is 16.1. The minimum atomic E-state index is -1.70. The average molecular weight is 329 g/mol. The molecule has 3 nitrogen and oxygen atoms in total. The van der Waals surface area contributed by atoms with Gasteiger partial charge in [0, 0.05) is 0 Å². The summed E-state index contributed by atoms with van der Waals surface area (Å²) in [7, 11) is -1.64. The standard InChI is InChI=1S/C16H32O3Si2/c1-17-16(19-21(5,6)7)14-12-10-8-9-11-13-15(14)18-20(2,3)4/h13H,8-12H2,1-7H3/b15-13+,16-14+. The van der Waals surface area contributed by atoms with Gasteiger partial charge in [-0.3, -0.25) is 0 Å². The van der Waals surface area contributed by atoms with Gasteiger partial charge in [0.25, 0.3) is 5.95 Å². The van der Waals surface area contributed by atoms with Crippen LogP contribution < -0.4 is 0 Å².